The van der Waals surface area contributed by atoms with E-state index in [1.165, 1.54) is 25.7 Å². The number of amides is 1. The summed E-state index contributed by atoms with van der Waals surface area (Å²) >= 11 is 3.54. The van der Waals surface area contributed by atoms with E-state index in [-0.39, 0.29) is 0 Å². The summed E-state index contributed by atoms with van der Waals surface area (Å²) in [6.45, 7) is 0. The third-order valence-electron chi connectivity index (χ3n) is 3.38. The van der Waals surface area contributed by atoms with Crippen LogP contribution >= 0.6 is 15.9 Å². The van der Waals surface area contributed by atoms with Gasteiger partial charge < -0.3 is 5.32 Å². The summed E-state index contributed by atoms with van der Waals surface area (Å²) < 4.78 is 0. The standard InChI is InChI=1S/C11H18BrNO/c12-7-9-3-1-2-4-10(9)13-11(14)8-5-6-8/h8-10H,1-7H2,(H,13,14). The molecule has 1 N–H and O–H groups in total. The highest BCUT2D eigenvalue weighted by Gasteiger charge is 2.33. The molecule has 3 heteroatoms. The molecule has 2 aliphatic carbocycles. The van der Waals surface area contributed by atoms with Crippen molar-refractivity contribution in [3.63, 3.8) is 0 Å². The summed E-state index contributed by atoms with van der Waals surface area (Å²) in [6.07, 6.45) is 7.26. The van der Waals surface area contributed by atoms with Gasteiger partial charge in [-0.05, 0) is 31.6 Å². The Kier molecular flexibility index (Phi) is 3.47. The van der Waals surface area contributed by atoms with E-state index in [0.29, 0.717) is 23.8 Å². The van der Waals surface area contributed by atoms with Crippen molar-refractivity contribution in [2.45, 2.75) is 44.6 Å². The van der Waals surface area contributed by atoms with Crippen LogP contribution in [-0.4, -0.2) is 17.3 Å². The van der Waals surface area contributed by atoms with Gasteiger partial charge in [0.2, 0.25) is 5.91 Å². The van der Waals surface area contributed by atoms with Crippen molar-refractivity contribution in [2.75, 3.05) is 5.33 Å². The fourth-order valence-corrected chi connectivity index (χ4v) is 3.00. The van der Waals surface area contributed by atoms with E-state index in [4.69, 9.17) is 0 Å². The lowest BCUT2D eigenvalue weighted by atomic mass is 9.86. The molecule has 0 aromatic rings. The van der Waals surface area contributed by atoms with Crippen molar-refractivity contribution < 1.29 is 4.79 Å². The first-order valence-electron chi connectivity index (χ1n) is 5.67. The molecule has 2 unspecified atom stereocenters. The second kappa shape index (κ2) is 4.65. The molecule has 0 aliphatic heterocycles. The highest BCUT2D eigenvalue weighted by Crippen LogP contribution is 2.31. The molecule has 0 aromatic heterocycles. The van der Waals surface area contributed by atoms with E-state index in [2.05, 4.69) is 21.2 Å². The van der Waals surface area contributed by atoms with Crippen molar-refractivity contribution in [1.82, 2.24) is 5.32 Å². The monoisotopic (exact) mass is 259 g/mol. The quantitative estimate of drug-likeness (QED) is 0.776. The topological polar surface area (TPSA) is 29.1 Å². The Bertz CT molecular complexity index is 215. The molecule has 80 valence electrons. The number of nitrogens with one attached hydrogen (secondary N) is 1. The smallest absolute Gasteiger partial charge is 0.223 e. The zero-order valence-electron chi connectivity index (χ0n) is 8.47. The summed E-state index contributed by atoms with van der Waals surface area (Å²) in [5.41, 5.74) is 0. The van der Waals surface area contributed by atoms with E-state index >= 15 is 0 Å². The van der Waals surface area contributed by atoms with Crippen LogP contribution in [0, 0.1) is 11.8 Å². The van der Waals surface area contributed by atoms with E-state index in [9.17, 15) is 4.79 Å². The Morgan fingerprint density at radius 1 is 1.21 bits per heavy atom. The predicted molar refractivity (Wildman–Crippen MR) is 60.4 cm³/mol. The summed E-state index contributed by atoms with van der Waals surface area (Å²) in [5, 5.41) is 4.24. The van der Waals surface area contributed by atoms with E-state index in [1.807, 2.05) is 0 Å². The second-order valence-corrected chi connectivity index (χ2v) is 5.24. The van der Waals surface area contributed by atoms with Crippen molar-refractivity contribution in [3.05, 3.63) is 0 Å². The van der Waals surface area contributed by atoms with Crippen LogP contribution in [0.1, 0.15) is 38.5 Å². The van der Waals surface area contributed by atoms with Crippen molar-refractivity contribution in [1.29, 1.82) is 0 Å². The lowest BCUT2D eigenvalue weighted by Gasteiger charge is -2.31. The van der Waals surface area contributed by atoms with Gasteiger partial charge >= 0.3 is 0 Å². The summed E-state index contributed by atoms with van der Waals surface area (Å²) in [4.78, 5) is 11.6. The molecular formula is C11H18BrNO. The molecule has 0 heterocycles. The number of carbonyl (C=O) groups excluding carboxylic acids is 1. The van der Waals surface area contributed by atoms with Crippen molar-refractivity contribution >= 4 is 21.8 Å². The largest absolute Gasteiger partial charge is 0.353 e. The minimum atomic E-state index is 0.308. The predicted octanol–water partition coefficient (Wildman–Crippen LogP) is 2.47. The summed E-state index contributed by atoms with van der Waals surface area (Å²) in [5.74, 6) is 1.32. The van der Waals surface area contributed by atoms with Gasteiger partial charge in [-0.25, -0.2) is 0 Å². The van der Waals surface area contributed by atoms with Crippen LogP contribution in [0.2, 0.25) is 0 Å². The highest BCUT2D eigenvalue weighted by atomic mass is 79.9. The first kappa shape index (κ1) is 10.5. The summed E-state index contributed by atoms with van der Waals surface area (Å²) in [6, 6.07) is 0.441. The van der Waals surface area contributed by atoms with Crippen LogP contribution in [0.3, 0.4) is 0 Å². The molecule has 1 amide bonds. The molecule has 2 aliphatic rings. The Morgan fingerprint density at radius 3 is 2.57 bits per heavy atom. The molecule has 0 saturated heterocycles. The van der Waals surface area contributed by atoms with Gasteiger partial charge in [-0.15, -0.1) is 0 Å². The third kappa shape index (κ3) is 2.50. The first-order chi connectivity index (χ1) is 6.81. The average molecular weight is 260 g/mol. The Hall–Kier alpha value is -0.0500. The van der Waals surface area contributed by atoms with Gasteiger partial charge in [0.15, 0.2) is 0 Å². The molecular weight excluding hydrogens is 242 g/mol. The molecule has 0 radical (unpaired) electrons. The zero-order chi connectivity index (χ0) is 9.97. The first-order valence-corrected chi connectivity index (χ1v) is 6.79. The molecule has 14 heavy (non-hydrogen) atoms. The van der Waals surface area contributed by atoms with Crippen LogP contribution in [0.25, 0.3) is 0 Å². The fourth-order valence-electron chi connectivity index (χ4n) is 2.23. The number of carbonyl (C=O) groups is 1. The molecule has 2 saturated carbocycles. The van der Waals surface area contributed by atoms with Crippen LogP contribution in [-0.2, 0) is 4.79 Å². The Labute approximate surface area is 94.0 Å². The maximum atomic E-state index is 11.6. The second-order valence-electron chi connectivity index (χ2n) is 4.59. The molecule has 0 aromatic carbocycles. The van der Waals surface area contributed by atoms with Crippen molar-refractivity contribution in [3.8, 4) is 0 Å². The van der Waals surface area contributed by atoms with Gasteiger partial charge in [0, 0.05) is 17.3 Å². The summed E-state index contributed by atoms with van der Waals surface area (Å²) in [7, 11) is 0. The minimum Gasteiger partial charge on any atom is -0.353 e. The molecule has 0 spiro atoms. The maximum absolute atomic E-state index is 11.6. The lowest BCUT2D eigenvalue weighted by molar-refractivity contribution is -0.123. The van der Waals surface area contributed by atoms with Gasteiger partial charge in [0.1, 0.15) is 0 Å². The third-order valence-corrected chi connectivity index (χ3v) is 4.21. The van der Waals surface area contributed by atoms with Gasteiger partial charge in [-0.1, -0.05) is 28.8 Å². The van der Waals surface area contributed by atoms with Crippen LogP contribution in [0.15, 0.2) is 0 Å². The minimum absolute atomic E-state index is 0.308. The fraction of sp³-hybridized carbons (Fsp3) is 0.909. The van der Waals surface area contributed by atoms with E-state index in [0.717, 1.165) is 18.2 Å². The molecule has 2 atom stereocenters. The molecule has 2 nitrogen and oxygen atoms in total. The number of alkyl halides is 1. The zero-order valence-corrected chi connectivity index (χ0v) is 10.1. The van der Waals surface area contributed by atoms with Gasteiger partial charge in [0.05, 0.1) is 0 Å². The van der Waals surface area contributed by atoms with Gasteiger partial charge in [-0.3, -0.25) is 4.79 Å². The number of hydrogen-bond donors (Lipinski definition) is 1. The molecule has 0 bridgehead atoms. The van der Waals surface area contributed by atoms with Crippen LogP contribution < -0.4 is 5.32 Å². The Balaban J connectivity index is 1.83. The molecule has 2 rings (SSSR count). The Morgan fingerprint density at radius 2 is 1.93 bits per heavy atom. The lowest BCUT2D eigenvalue weighted by Crippen LogP contribution is -2.43. The number of hydrogen-bond acceptors (Lipinski definition) is 1. The normalized spacial score (nSPS) is 32.6. The SMILES string of the molecule is O=C(NC1CCCCC1CBr)C1CC1. The molecule has 2 fully saturated rings. The van der Waals surface area contributed by atoms with Crippen LogP contribution in [0.5, 0.6) is 0 Å². The van der Waals surface area contributed by atoms with Gasteiger partial charge in [0.25, 0.3) is 0 Å². The number of halogens is 1. The number of rotatable bonds is 3. The van der Waals surface area contributed by atoms with Crippen LogP contribution in [0.4, 0.5) is 0 Å². The van der Waals surface area contributed by atoms with E-state index < -0.39 is 0 Å². The average Bonchev–Trinajstić information content (AvgIpc) is 3.02. The maximum Gasteiger partial charge on any atom is 0.223 e. The van der Waals surface area contributed by atoms with Gasteiger partial charge in [-0.2, -0.15) is 0 Å². The van der Waals surface area contributed by atoms with E-state index in [1.54, 1.807) is 0 Å². The highest BCUT2D eigenvalue weighted by molar-refractivity contribution is 9.09. The van der Waals surface area contributed by atoms with Crippen molar-refractivity contribution in [2.24, 2.45) is 11.8 Å².